The number of nitrogens with zero attached hydrogens (tertiary/aromatic N) is 4. The van der Waals surface area contributed by atoms with Crippen molar-refractivity contribution in [3.63, 3.8) is 0 Å². The number of nitrogens with one attached hydrogen (secondary N) is 2. The van der Waals surface area contributed by atoms with E-state index in [0.29, 0.717) is 10.1 Å². The molecule has 0 unspecified atom stereocenters. The Morgan fingerprint density at radius 1 is 1.15 bits per heavy atom. The number of para-hydroxylation sites is 1. The first-order valence-corrected chi connectivity index (χ1v) is 9.81. The summed E-state index contributed by atoms with van der Waals surface area (Å²) in [5, 5.41) is 9.12. The number of rotatable bonds is 2. The maximum atomic E-state index is 6.24. The average Bonchev–Trinajstić information content (AvgIpc) is 2.73. The summed E-state index contributed by atoms with van der Waals surface area (Å²) in [6, 6.07) is 12.2. The van der Waals surface area contributed by atoms with Crippen LogP contribution in [-0.2, 0) is 0 Å². The van der Waals surface area contributed by atoms with Crippen molar-refractivity contribution in [1.29, 1.82) is 0 Å². The fourth-order valence-electron chi connectivity index (χ4n) is 3.35. The van der Waals surface area contributed by atoms with E-state index in [0.717, 1.165) is 56.2 Å². The maximum Gasteiger partial charge on any atom is 0.189 e. The second kappa shape index (κ2) is 8.10. The zero-order valence-corrected chi connectivity index (χ0v) is 16.4. The van der Waals surface area contributed by atoms with E-state index < -0.39 is 0 Å². The van der Waals surface area contributed by atoms with Crippen LogP contribution in [0.5, 0.6) is 0 Å². The van der Waals surface area contributed by atoms with Gasteiger partial charge in [-0.05, 0) is 30.4 Å². The van der Waals surface area contributed by atoms with Crippen LogP contribution in [0, 0.1) is 0 Å². The molecule has 2 N–H and O–H groups in total. The van der Waals surface area contributed by atoms with E-state index in [-0.39, 0.29) is 0 Å². The van der Waals surface area contributed by atoms with Crippen LogP contribution < -0.4 is 15.6 Å². The Bertz CT molecular complexity index is 849. The Morgan fingerprint density at radius 3 is 2.70 bits per heavy atom. The molecule has 1 fully saturated rings. The normalized spacial score (nSPS) is 18.0. The summed E-state index contributed by atoms with van der Waals surface area (Å²) in [5.41, 5.74) is 6.81. The summed E-state index contributed by atoms with van der Waals surface area (Å²) < 4.78 is 0. The molecule has 140 valence electrons. The van der Waals surface area contributed by atoms with Gasteiger partial charge in [0.05, 0.1) is 16.4 Å². The highest BCUT2D eigenvalue weighted by molar-refractivity contribution is 7.80. The minimum Gasteiger partial charge on any atom is -0.382 e. The molecule has 27 heavy (non-hydrogen) atoms. The van der Waals surface area contributed by atoms with Gasteiger partial charge in [0, 0.05) is 51.0 Å². The third-order valence-electron chi connectivity index (χ3n) is 4.81. The summed E-state index contributed by atoms with van der Waals surface area (Å²) in [6.07, 6.45) is 2.47. The topological polar surface area (TPSA) is 55.8 Å². The predicted molar refractivity (Wildman–Crippen MR) is 115 cm³/mol. The lowest BCUT2D eigenvalue weighted by atomic mass is 10.1. The first-order valence-electron chi connectivity index (χ1n) is 9.02. The summed E-state index contributed by atoms with van der Waals surface area (Å²) in [4.78, 5) is 8.95. The quantitative estimate of drug-likeness (QED) is 0.597. The Kier molecular flexibility index (Phi) is 5.40. The van der Waals surface area contributed by atoms with Gasteiger partial charge in [-0.2, -0.15) is 5.10 Å². The van der Waals surface area contributed by atoms with Crippen molar-refractivity contribution < 1.29 is 0 Å². The third-order valence-corrected chi connectivity index (χ3v) is 5.48. The Labute approximate surface area is 169 Å². The predicted octanol–water partition coefficient (Wildman–Crippen LogP) is 2.95. The van der Waals surface area contributed by atoms with Gasteiger partial charge in [0.15, 0.2) is 5.11 Å². The molecule has 1 saturated heterocycles. The lowest BCUT2D eigenvalue weighted by molar-refractivity contribution is 0.381. The van der Waals surface area contributed by atoms with Crippen LogP contribution in [0.2, 0.25) is 5.02 Å². The van der Waals surface area contributed by atoms with Gasteiger partial charge in [0.2, 0.25) is 0 Å². The van der Waals surface area contributed by atoms with E-state index >= 15 is 0 Å². The molecular weight excluding hydrogens is 380 g/mol. The number of hydrogen-bond acceptors (Lipinski definition) is 5. The number of piperazine rings is 1. The van der Waals surface area contributed by atoms with E-state index in [9.17, 15) is 0 Å². The number of fused-ring (bicyclic) bond motifs is 1. The van der Waals surface area contributed by atoms with Gasteiger partial charge in [0.25, 0.3) is 0 Å². The largest absolute Gasteiger partial charge is 0.382 e. The fraction of sp³-hybridized carbons (Fsp3) is 0.316. The highest BCUT2D eigenvalue weighted by Crippen LogP contribution is 2.28. The molecule has 0 amide bonds. The molecular formula is C19H21ClN6S. The number of benzene rings is 1. The van der Waals surface area contributed by atoms with E-state index in [2.05, 4.69) is 54.9 Å². The Morgan fingerprint density at radius 2 is 1.93 bits per heavy atom. The molecule has 1 aromatic heterocycles. The highest BCUT2D eigenvalue weighted by Gasteiger charge is 2.21. The van der Waals surface area contributed by atoms with E-state index in [4.69, 9.17) is 23.8 Å². The monoisotopic (exact) mass is 400 g/mol. The number of anilines is 2. The molecule has 0 atom stereocenters. The van der Waals surface area contributed by atoms with Crippen LogP contribution in [0.15, 0.2) is 47.7 Å². The third kappa shape index (κ3) is 3.99. The highest BCUT2D eigenvalue weighted by atomic mass is 35.5. The molecule has 8 heteroatoms. The number of hydrogen-bond donors (Lipinski definition) is 2. The molecule has 2 aromatic rings. The van der Waals surface area contributed by atoms with Crippen molar-refractivity contribution in [1.82, 2.24) is 15.3 Å². The molecule has 2 aliphatic heterocycles. The van der Waals surface area contributed by atoms with Crippen LogP contribution in [-0.4, -0.2) is 53.4 Å². The van der Waals surface area contributed by atoms with Crippen molar-refractivity contribution in [2.75, 3.05) is 42.9 Å². The zero-order chi connectivity index (χ0) is 18.6. The molecule has 4 rings (SSSR count). The minimum atomic E-state index is 0.650. The van der Waals surface area contributed by atoms with Gasteiger partial charge in [-0.25, -0.2) is 0 Å². The van der Waals surface area contributed by atoms with Crippen molar-refractivity contribution in [2.24, 2.45) is 5.10 Å². The van der Waals surface area contributed by atoms with Gasteiger partial charge in [-0.3, -0.25) is 10.4 Å². The van der Waals surface area contributed by atoms with Crippen molar-refractivity contribution in [2.45, 2.75) is 6.42 Å². The van der Waals surface area contributed by atoms with Gasteiger partial charge in [-0.15, -0.1) is 0 Å². The zero-order valence-electron chi connectivity index (χ0n) is 14.9. The lowest BCUT2D eigenvalue weighted by Gasteiger charge is -2.37. The smallest absolute Gasteiger partial charge is 0.189 e. The first kappa shape index (κ1) is 18.0. The molecule has 0 aliphatic carbocycles. The molecule has 0 saturated carbocycles. The molecule has 0 radical (unpaired) electrons. The summed E-state index contributed by atoms with van der Waals surface area (Å²) in [7, 11) is 0. The summed E-state index contributed by atoms with van der Waals surface area (Å²) in [5.74, 6) is 0. The SMILES string of the molecule is S=C(N/N=C1/CCNc2c(Cl)ccnc21)N1CCN(c2ccccc2)CC1. The van der Waals surface area contributed by atoms with Crippen LogP contribution in [0.1, 0.15) is 12.1 Å². The fourth-order valence-corrected chi connectivity index (χ4v) is 3.79. The second-order valence-electron chi connectivity index (χ2n) is 6.48. The number of halogens is 1. The van der Waals surface area contributed by atoms with Crippen molar-refractivity contribution in [3.8, 4) is 0 Å². The second-order valence-corrected chi connectivity index (χ2v) is 7.27. The van der Waals surface area contributed by atoms with Gasteiger partial charge in [-0.1, -0.05) is 29.8 Å². The van der Waals surface area contributed by atoms with Crippen LogP contribution in [0.25, 0.3) is 0 Å². The van der Waals surface area contributed by atoms with E-state index in [1.54, 1.807) is 12.3 Å². The average molecular weight is 401 g/mol. The van der Waals surface area contributed by atoms with Crippen LogP contribution in [0.4, 0.5) is 11.4 Å². The maximum absolute atomic E-state index is 6.24. The minimum absolute atomic E-state index is 0.650. The standard InChI is InChI=1S/C19H21ClN6S/c20-15-6-8-22-18-16(7-9-21-17(15)18)23-24-19(27)26-12-10-25(11-13-26)14-4-2-1-3-5-14/h1-6,8,21H,7,9-13H2,(H,24,27)/b23-16-. The molecule has 1 aromatic carbocycles. The number of pyridine rings is 1. The van der Waals surface area contributed by atoms with Gasteiger partial charge >= 0.3 is 0 Å². The molecule has 0 bridgehead atoms. The summed E-state index contributed by atoms with van der Waals surface area (Å²) >= 11 is 11.8. The van der Waals surface area contributed by atoms with Gasteiger partial charge in [0.1, 0.15) is 5.69 Å². The lowest BCUT2D eigenvalue weighted by Crippen LogP contribution is -2.51. The number of thiocarbonyl (C=S) groups is 1. The van der Waals surface area contributed by atoms with E-state index in [1.165, 1.54) is 5.69 Å². The van der Waals surface area contributed by atoms with Crippen LogP contribution in [0.3, 0.4) is 0 Å². The molecule has 2 aliphatic rings. The number of aromatic nitrogens is 1. The number of hydrazone groups is 1. The van der Waals surface area contributed by atoms with Gasteiger partial charge < -0.3 is 15.1 Å². The Balaban J connectivity index is 1.37. The molecule has 6 nitrogen and oxygen atoms in total. The molecule has 3 heterocycles. The van der Waals surface area contributed by atoms with Crippen molar-refractivity contribution >= 4 is 46.0 Å². The van der Waals surface area contributed by atoms with Crippen molar-refractivity contribution in [3.05, 3.63) is 53.3 Å². The summed E-state index contributed by atoms with van der Waals surface area (Å²) in [6.45, 7) is 4.39. The Hall–Kier alpha value is -2.38. The molecule has 0 spiro atoms. The van der Waals surface area contributed by atoms with E-state index in [1.807, 2.05) is 6.07 Å². The first-order chi connectivity index (χ1) is 13.2. The van der Waals surface area contributed by atoms with Crippen LogP contribution >= 0.6 is 23.8 Å².